The summed E-state index contributed by atoms with van der Waals surface area (Å²) in [6.07, 6.45) is 2.26. The Morgan fingerprint density at radius 3 is 2.80 bits per heavy atom. The van der Waals surface area contributed by atoms with Crippen LogP contribution in [0.5, 0.6) is 0 Å². The minimum absolute atomic E-state index is 0.0138. The van der Waals surface area contributed by atoms with Crippen molar-refractivity contribution in [1.29, 1.82) is 0 Å². The van der Waals surface area contributed by atoms with Crippen LogP contribution in [-0.2, 0) is 11.2 Å². The van der Waals surface area contributed by atoms with Gasteiger partial charge in [0.1, 0.15) is 0 Å². The predicted octanol–water partition coefficient (Wildman–Crippen LogP) is 3.71. The van der Waals surface area contributed by atoms with Crippen molar-refractivity contribution in [3.63, 3.8) is 0 Å². The number of halogens is 1. The zero-order valence-electron chi connectivity index (χ0n) is 16.9. The Morgan fingerprint density at radius 1 is 1.23 bits per heavy atom. The van der Waals surface area contributed by atoms with Crippen molar-refractivity contribution in [2.75, 3.05) is 23.3 Å². The molecule has 2 saturated heterocycles. The maximum atomic E-state index is 12.4. The summed E-state index contributed by atoms with van der Waals surface area (Å²) in [5, 5.41) is 8.18. The molecule has 2 bridgehead atoms. The number of amides is 1. The normalized spacial score (nSPS) is 20.1. The van der Waals surface area contributed by atoms with Crippen LogP contribution in [0.1, 0.15) is 24.1 Å². The van der Waals surface area contributed by atoms with Gasteiger partial charge in [0.15, 0.2) is 0 Å². The first-order valence-electron chi connectivity index (χ1n) is 10.4. The maximum Gasteiger partial charge on any atom is 0.226 e. The third kappa shape index (κ3) is 3.85. The van der Waals surface area contributed by atoms with Crippen molar-refractivity contribution >= 4 is 40.0 Å². The molecule has 2 fully saturated rings. The van der Waals surface area contributed by atoms with Gasteiger partial charge >= 0.3 is 0 Å². The Hall–Kier alpha value is -2.70. The summed E-state index contributed by atoms with van der Waals surface area (Å²) in [4.78, 5) is 24.3. The van der Waals surface area contributed by atoms with Gasteiger partial charge in [0.05, 0.1) is 11.2 Å². The van der Waals surface area contributed by atoms with Crippen LogP contribution in [0.4, 0.5) is 11.6 Å². The molecule has 2 N–H and O–H groups in total. The molecule has 0 spiro atoms. The molecule has 1 aromatic heterocycles. The van der Waals surface area contributed by atoms with Crippen LogP contribution in [0, 0.1) is 6.92 Å². The average molecular weight is 422 g/mol. The molecule has 0 aliphatic carbocycles. The summed E-state index contributed by atoms with van der Waals surface area (Å²) in [6.45, 7) is 3.98. The van der Waals surface area contributed by atoms with E-state index in [1.165, 1.54) is 6.42 Å². The van der Waals surface area contributed by atoms with E-state index in [2.05, 4.69) is 15.5 Å². The van der Waals surface area contributed by atoms with Gasteiger partial charge < -0.3 is 15.5 Å². The smallest absolute Gasteiger partial charge is 0.226 e. The Balaban J connectivity index is 1.28. The number of hydrogen-bond acceptors (Lipinski definition) is 5. The third-order valence-corrected chi connectivity index (χ3v) is 6.28. The zero-order chi connectivity index (χ0) is 20.7. The molecule has 2 aliphatic heterocycles. The van der Waals surface area contributed by atoms with Crippen LogP contribution >= 0.6 is 11.6 Å². The number of nitrogens with one attached hydrogen (secondary N) is 2. The molecule has 6 nitrogen and oxygen atoms in total. The SMILES string of the molecule is Cc1nc(N2CC3CC2CN3)nc2ccc(NC(=O)CCc3ccc(Cl)cc3)cc12. The standard InChI is InChI=1S/C23H24ClN5O/c1-14-20-11-17(27-22(30)9-4-15-2-5-16(24)6-3-15)7-8-21(20)28-23(26-14)29-13-18-10-19(29)12-25-18/h2-3,5-8,11,18-19,25H,4,9-10,12-13H2,1H3,(H,27,30). The largest absolute Gasteiger partial charge is 0.335 e. The lowest BCUT2D eigenvalue weighted by molar-refractivity contribution is -0.116. The number of aromatic nitrogens is 2. The van der Waals surface area contributed by atoms with Gasteiger partial charge in [-0.2, -0.15) is 0 Å². The number of anilines is 2. The predicted molar refractivity (Wildman–Crippen MR) is 120 cm³/mol. The lowest BCUT2D eigenvalue weighted by atomic mass is 10.1. The summed E-state index contributed by atoms with van der Waals surface area (Å²) < 4.78 is 0. The van der Waals surface area contributed by atoms with Gasteiger partial charge in [-0.3, -0.25) is 4.79 Å². The lowest BCUT2D eigenvalue weighted by Gasteiger charge is -2.27. The van der Waals surface area contributed by atoms with E-state index in [4.69, 9.17) is 21.6 Å². The van der Waals surface area contributed by atoms with Crippen molar-refractivity contribution in [2.24, 2.45) is 0 Å². The molecule has 2 aliphatic rings. The van der Waals surface area contributed by atoms with E-state index in [0.717, 1.165) is 46.9 Å². The molecule has 7 heteroatoms. The van der Waals surface area contributed by atoms with Crippen LogP contribution in [0.3, 0.4) is 0 Å². The quantitative estimate of drug-likeness (QED) is 0.657. The van der Waals surface area contributed by atoms with Crippen molar-refractivity contribution in [2.45, 2.75) is 38.3 Å². The molecule has 2 aromatic carbocycles. The second-order valence-electron chi connectivity index (χ2n) is 8.16. The minimum atomic E-state index is -0.0138. The Bertz CT molecular complexity index is 1100. The first-order valence-corrected chi connectivity index (χ1v) is 10.8. The molecule has 0 saturated carbocycles. The fraction of sp³-hybridized carbons (Fsp3) is 0.348. The highest BCUT2D eigenvalue weighted by molar-refractivity contribution is 6.30. The van der Waals surface area contributed by atoms with Gasteiger partial charge in [0.2, 0.25) is 11.9 Å². The van der Waals surface area contributed by atoms with E-state index in [1.54, 1.807) is 0 Å². The minimum Gasteiger partial charge on any atom is -0.335 e. The molecular weight excluding hydrogens is 398 g/mol. The van der Waals surface area contributed by atoms with Crippen molar-refractivity contribution < 1.29 is 4.79 Å². The van der Waals surface area contributed by atoms with Crippen molar-refractivity contribution in [1.82, 2.24) is 15.3 Å². The second-order valence-corrected chi connectivity index (χ2v) is 8.60. The van der Waals surface area contributed by atoms with Gasteiger partial charge in [-0.05, 0) is 55.7 Å². The van der Waals surface area contributed by atoms with E-state index in [9.17, 15) is 4.79 Å². The van der Waals surface area contributed by atoms with E-state index < -0.39 is 0 Å². The van der Waals surface area contributed by atoms with E-state index in [1.807, 2.05) is 49.4 Å². The zero-order valence-corrected chi connectivity index (χ0v) is 17.6. The lowest BCUT2D eigenvalue weighted by Crippen LogP contribution is -2.44. The molecule has 30 heavy (non-hydrogen) atoms. The second kappa shape index (κ2) is 7.85. The van der Waals surface area contributed by atoms with E-state index in [-0.39, 0.29) is 5.91 Å². The van der Waals surface area contributed by atoms with E-state index in [0.29, 0.717) is 29.9 Å². The molecule has 2 atom stereocenters. The molecule has 2 unspecified atom stereocenters. The first kappa shape index (κ1) is 19.3. The van der Waals surface area contributed by atoms with Crippen LogP contribution in [-0.4, -0.2) is 41.0 Å². The van der Waals surface area contributed by atoms with Crippen molar-refractivity contribution in [3.05, 3.63) is 58.7 Å². The summed E-state index contributed by atoms with van der Waals surface area (Å²) in [5.74, 6) is 0.800. The molecule has 3 aromatic rings. The summed E-state index contributed by atoms with van der Waals surface area (Å²) in [7, 11) is 0. The fourth-order valence-corrected chi connectivity index (χ4v) is 4.54. The highest BCUT2D eigenvalue weighted by atomic mass is 35.5. The van der Waals surface area contributed by atoms with Gasteiger partial charge in [-0.25, -0.2) is 9.97 Å². The number of aryl methyl sites for hydroxylation is 2. The highest BCUT2D eigenvalue weighted by Crippen LogP contribution is 2.29. The third-order valence-electron chi connectivity index (χ3n) is 6.03. The van der Waals surface area contributed by atoms with Gasteiger partial charge in [-0.1, -0.05) is 23.7 Å². The number of carbonyl (C=O) groups is 1. The van der Waals surface area contributed by atoms with Gasteiger partial charge in [0.25, 0.3) is 0 Å². The summed E-state index contributed by atoms with van der Waals surface area (Å²) in [6, 6.07) is 14.5. The maximum absolute atomic E-state index is 12.4. The Labute approximate surface area is 180 Å². The molecule has 5 rings (SSSR count). The molecule has 3 heterocycles. The Kier molecular flexibility index (Phi) is 5.05. The molecule has 0 radical (unpaired) electrons. The van der Waals surface area contributed by atoms with Crippen LogP contribution in [0.15, 0.2) is 42.5 Å². The molecular formula is C23H24ClN5O. The summed E-state index contributed by atoms with van der Waals surface area (Å²) >= 11 is 5.91. The number of nitrogens with zero attached hydrogens (tertiary/aromatic N) is 3. The van der Waals surface area contributed by atoms with Crippen molar-refractivity contribution in [3.8, 4) is 0 Å². The fourth-order valence-electron chi connectivity index (χ4n) is 4.41. The number of benzene rings is 2. The van der Waals surface area contributed by atoms with Crippen LogP contribution in [0.25, 0.3) is 10.9 Å². The van der Waals surface area contributed by atoms with E-state index >= 15 is 0 Å². The van der Waals surface area contributed by atoms with Crippen LogP contribution in [0.2, 0.25) is 5.02 Å². The monoisotopic (exact) mass is 421 g/mol. The number of carbonyl (C=O) groups excluding carboxylic acids is 1. The molecule has 154 valence electrons. The van der Waals surface area contributed by atoms with Crippen LogP contribution < -0.4 is 15.5 Å². The van der Waals surface area contributed by atoms with Gasteiger partial charge in [0, 0.05) is 47.7 Å². The first-order chi connectivity index (χ1) is 14.5. The number of rotatable bonds is 5. The number of hydrogen-bond donors (Lipinski definition) is 2. The highest BCUT2D eigenvalue weighted by Gasteiger charge is 2.38. The van der Waals surface area contributed by atoms with Gasteiger partial charge in [-0.15, -0.1) is 0 Å². The number of piperazine rings is 1. The number of fused-ring (bicyclic) bond motifs is 3. The molecule has 1 amide bonds. The topological polar surface area (TPSA) is 70.2 Å². The Morgan fingerprint density at radius 2 is 2.07 bits per heavy atom. The average Bonchev–Trinajstić information content (AvgIpc) is 3.37. The summed E-state index contributed by atoms with van der Waals surface area (Å²) in [5.41, 5.74) is 3.71.